The van der Waals surface area contributed by atoms with E-state index in [4.69, 9.17) is 20.4 Å². The van der Waals surface area contributed by atoms with E-state index in [1.165, 1.54) is 31.4 Å². The first-order valence-corrected chi connectivity index (χ1v) is 15.4. The Bertz CT molecular complexity index is 1310. The number of urea groups is 1. The number of halogens is 1. The first kappa shape index (κ1) is 38.9. The smallest absolute Gasteiger partial charge is 0.328 e. The summed E-state index contributed by atoms with van der Waals surface area (Å²) in [5.74, 6) is -4.40. The van der Waals surface area contributed by atoms with Gasteiger partial charge in [-0.05, 0) is 62.2 Å². The number of benzene rings is 1. The minimum Gasteiger partial charge on any atom is -0.478 e. The molecular weight excluding hydrogens is 629 g/mol. The average Bonchev–Trinajstić information content (AvgIpc) is 3.07. The summed E-state index contributed by atoms with van der Waals surface area (Å²) in [5, 5.41) is 34.5. The van der Waals surface area contributed by atoms with Gasteiger partial charge in [-0.1, -0.05) is 25.3 Å². The van der Waals surface area contributed by atoms with E-state index in [0.29, 0.717) is 30.3 Å². The van der Waals surface area contributed by atoms with Crippen LogP contribution in [-0.4, -0.2) is 110 Å². The van der Waals surface area contributed by atoms with Crippen LogP contribution in [0.5, 0.6) is 0 Å². The van der Waals surface area contributed by atoms with E-state index in [1.807, 2.05) is 23.1 Å². The minimum atomic E-state index is -1.26. The van der Waals surface area contributed by atoms with Crippen molar-refractivity contribution in [2.75, 3.05) is 44.2 Å². The van der Waals surface area contributed by atoms with Gasteiger partial charge in [-0.15, -0.1) is 0 Å². The van der Waals surface area contributed by atoms with Gasteiger partial charge in [0.25, 0.3) is 0 Å². The summed E-state index contributed by atoms with van der Waals surface area (Å²) in [6, 6.07) is 12.9. The average molecular weight is 672 g/mol. The van der Waals surface area contributed by atoms with Gasteiger partial charge >= 0.3 is 29.9 Å². The predicted octanol–water partition coefficient (Wildman–Crippen LogP) is 3.83. The zero-order valence-electron chi connectivity index (χ0n) is 26.5. The summed E-state index contributed by atoms with van der Waals surface area (Å²) in [5.41, 5.74) is 0.939. The number of piperazine rings is 1. The highest BCUT2D eigenvalue weighted by molar-refractivity contribution is 5.90. The van der Waals surface area contributed by atoms with Gasteiger partial charge in [0.2, 0.25) is 0 Å². The summed E-state index contributed by atoms with van der Waals surface area (Å²) in [6.45, 7) is 5.12. The van der Waals surface area contributed by atoms with E-state index in [2.05, 4.69) is 20.1 Å². The van der Waals surface area contributed by atoms with E-state index >= 15 is 0 Å². The number of rotatable bonds is 11. The maximum Gasteiger partial charge on any atom is 0.328 e. The number of nitrogens with zero attached hydrogens (tertiary/aromatic N) is 4. The first-order chi connectivity index (χ1) is 22.9. The van der Waals surface area contributed by atoms with Crippen molar-refractivity contribution in [1.82, 2.24) is 20.1 Å². The quantitative estimate of drug-likeness (QED) is 0.217. The Labute approximate surface area is 277 Å². The van der Waals surface area contributed by atoms with Gasteiger partial charge in [0, 0.05) is 75.0 Å². The molecule has 1 aliphatic carbocycles. The highest BCUT2D eigenvalue weighted by Gasteiger charge is 2.24. The number of carbonyl (C=O) groups is 5. The number of carboxylic acids is 4. The molecule has 0 unspecified atom stereocenters. The third-order valence-corrected chi connectivity index (χ3v) is 7.25. The van der Waals surface area contributed by atoms with Crippen LogP contribution in [0, 0.1) is 5.82 Å². The molecule has 0 atom stereocenters. The van der Waals surface area contributed by atoms with Crippen molar-refractivity contribution in [2.45, 2.75) is 44.6 Å². The molecule has 2 heterocycles. The molecule has 48 heavy (non-hydrogen) atoms. The van der Waals surface area contributed by atoms with Gasteiger partial charge in [0.15, 0.2) is 0 Å². The topological polar surface area (TPSA) is 201 Å². The number of pyridine rings is 1. The second-order valence-electron chi connectivity index (χ2n) is 10.8. The molecule has 1 aliphatic heterocycles. The van der Waals surface area contributed by atoms with E-state index < -0.39 is 23.9 Å². The van der Waals surface area contributed by atoms with Crippen LogP contribution in [0.2, 0.25) is 0 Å². The van der Waals surface area contributed by atoms with Crippen LogP contribution in [-0.2, 0) is 19.2 Å². The molecule has 5 N–H and O–H groups in total. The van der Waals surface area contributed by atoms with Crippen molar-refractivity contribution >= 4 is 41.4 Å². The molecule has 15 heteroatoms. The zero-order chi connectivity index (χ0) is 35.3. The summed E-state index contributed by atoms with van der Waals surface area (Å²) >= 11 is 0. The first-order valence-electron chi connectivity index (χ1n) is 15.4. The molecule has 2 aliphatic rings. The van der Waals surface area contributed by atoms with Crippen LogP contribution in [0.25, 0.3) is 0 Å². The Morgan fingerprint density at radius 1 is 0.792 bits per heavy atom. The lowest BCUT2D eigenvalue weighted by Gasteiger charge is -2.36. The zero-order valence-corrected chi connectivity index (χ0v) is 26.5. The molecule has 1 saturated heterocycles. The standard InChI is InChI=1S/C25H34FN5O.2C4H4O4/c26-21-10-12-23(13-11-21)31(24-9-4-5-14-27-24)16-6-15-29-17-19-30(20-18-29)25(32)28-22-7-2-1-3-8-22;2*5-3(6)1-2-4(7)8/h4-5,9-14,22H,1-3,6-8,15-20H2,(H,28,32);2*1-2H,(H,5,6)(H,7,8)/b;2*2-1+. The van der Waals surface area contributed by atoms with E-state index in [0.717, 1.165) is 70.0 Å². The molecule has 0 spiro atoms. The molecular formula is C33H42FN5O9. The molecule has 1 aromatic heterocycles. The number of aromatic nitrogens is 1. The van der Waals surface area contributed by atoms with Crippen LogP contribution in [0.3, 0.4) is 0 Å². The Morgan fingerprint density at radius 3 is 1.81 bits per heavy atom. The SMILES string of the molecule is O=C(NC1CCCCC1)N1CCN(CCCN(c2ccc(F)cc2)c2ccccn2)CC1.O=C(O)/C=C/C(=O)O.O=C(O)/C=C/C(=O)O. The Hall–Kier alpha value is -5.31. The Balaban J connectivity index is 0.000000414. The third kappa shape index (κ3) is 16.3. The van der Waals surface area contributed by atoms with Crippen LogP contribution in [0.15, 0.2) is 73.0 Å². The largest absolute Gasteiger partial charge is 0.478 e. The van der Waals surface area contributed by atoms with Gasteiger partial charge < -0.3 is 35.5 Å². The predicted molar refractivity (Wildman–Crippen MR) is 175 cm³/mol. The lowest BCUT2D eigenvalue weighted by Crippen LogP contribution is -2.53. The summed E-state index contributed by atoms with van der Waals surface area (Å²) in [7, 11) is 0. The normalized spacial score (nSPS) is 15.1. The monoisotopic (exact) mass is 671 g/mol. The fraction of sp³-hybridized carbons (Fsp3) is 0.394. The molecule has 2 aromatic rings. The summed E-state index contributed by atoms with van der Waals surface area (Å²) < 4.78 is 13.4. The second kappa shape index (κ2) is 21.5. The number of carbonyl (C=O) groups excluding carboxylic acids is 1. The molecule has 2 fully saturated rings. The number of anilines is 2. The number of hydrogen-bond donors (Lipinski definition) is 5. The van der Waals surface area contributed by atoms with Crippen LogP contribution < -0.4 is 10.2 Å². The highest BCUT2D eigenvalue weighted by atomic mass is 19.1. The maximum atomic E-state index is 13.4. The molecule has 0 radical (unpaired) electrons. The summed E-state index contributed by atoms with van der Waals surface area (Å²) in [6.07, 6.45) is 11.0. The number of aliphatic carboxylic acids is 4. The number of carboxylic acid groups (broad SMARTS) is 4. The van der Waals surface area contributed by atoms with Gasteiger partial charge in [-0.25, -0.2) is 33.3 Å². The van der Waals surface area contributed by atoms with E-state index in [-0.39, 0.29) is 11.8 Å². The highest BCUT2D eigenvalue weighted by Crippen LogP contribution is 2.24. The Morgan fingerprint density at radius 2 is 1.33 bits per heavy atom. The van der Waals surface area contributed by atoms with Crippen molar-refractivity contribution in [2.24, 2.45) is 0 Å². The fourth-order valence-electron chi connectivity index (χ4n) is 4.94. The second-order valence-corrected chi connectivity index (χ2v) is 10.8. The molecule has 1 aromatic carbocycles. The molecule has 4 rings (SSSR count). The van der Waals surface area contributed by atoms with Crippen molar-refractivity contribution in [3.8, 4) is 0 Å². The van der Waals surface area contributed by atoms with Crippen molar-refractivity contribution in [1.29, 1.82) is 0 Å². The van der Waals surface area contributed by atoms with Crippen LogP contribution in [0.4, 0.5) is 20.7 Å². The van der Waals surface area contributed by atoms with E-state index in [9.17, 15) is 28.4 Å². The van der Waals surface area contributed by atoms with Crippen molar-refractivity contribution in [3.63, 3.8) is 0 Å². The van der Waals surface area contributed by atoms with Gasteiger partial charge in [-0.3, -0.25) is 4.90 Å². The fourth-order valence-corrected chi connectivity index (χ4v) is 4.94. The number of amides is 2. The van der Waals surface area contributed by atoms with Gasteiger partial charge in [0.05, 0.1) is 0 Å². The third-order valence-electron chi connectivity index (χ3n) is 7.25. The Kier molecular flexibility index (Phi) is 17.4. The van der Waals surface area contributed by atoms with E-state index in [1.54, 1.807) is 18.3 Å². The van der Waals surface area contributed by atoms with Crippen molar-refractivity contribution in [3.05, 3.63) is 78.8 Å². The molecule has 0 bridgehead atoms. The number of hydrogen-bond acceptors (Lipinski definition) is 8. The summed E-state index contributed by atoms with van der Waals surface area (Å²) in [4.78, 5) is 61.8. The lowest BCUT2D eigenvalue weighted by molar-refractivity contribution is -0.134. The minimum absolute atomic E-state index is 0.106. The molecule has 2 amide bonds. The molecule has 14 nitrogen and oxygen atoms in total. The maximum absolute atomic E-state index is 13.4. The molecule has 260 valence electrons. The van der Waals surface area contributed by atoms with Crippen LogP contribution in [0.1, 0.15) is 38.5 Å². The van der Waals surface area contributed by atoms with Crippen molar-refractivity contribution < 1.29 is 48.8 Å². The van der Waals surface area contributed by atoms with Crippen LogP contribution >= 0.6 is 0 Å². The van der Waals surface area contributed by atoms with Gasteiger partial charge in [-0.2, -0.15) is 0 Å². The molecule has 1 saturated carbocycles. The number of nitrogens with one attached hydrogen (secondary N) is 1. The lowest BCUT2D eigenvalue weighted by atomic mass is 9.96. The van der Waals surface area contributed by atoms with Gasteiger partial charge in [0.1, 0.15) is 11.6 Å².